The Bertz CT molecular complexity index is 577. The van der Waals surface area contributed by atoms with Crippen LogP contribution >= 0.6 is 0 Å². The van der Waals surface area contributed by atoms with Gasteiger partial charge in [0.15, 0.2) is 5.96 Å². The van der Waals surface area contributed by atoms with Gasteiger partial charge in [0.25, 0.3) is 5.91 Å². The van der Waals surface area contributed by atoms with Crippen LogP contribution in [0.4, 0.5) is 0 Å². The van der Waals surface area contributed by atoms with Gasteiger partial charge in [-0.05, 0) is 62.6 Å². The Morgan fingerprint density at radius 1 is 1.24 bits per heavy atom. The van der Waals surface area contributed by atoms with Crippen molar-refractivity contribution in [3.63, 3.8) is 0 Å². The number of rotatable bonds is 6. The van der Waals surface area contributed by atoms with E-state index in [1.807, 2.05) is 24.3 Å². The molecule has 0 atom stereocenters. The van der Waals surface area contributed by atoms with Crippen LogP contribution in [-0.4, -0.2) is 38.0 Å². The van der Waals surface area contributed by atoms with Crippen molar-refractivity contribution < 1.29 is 4.79 Å². The average molecular weight is 345 g/mol. The minimum absolute atomic E-state index is 0.0492. The lowest BCUT2D eigenvalue weighted by molar-refractivity contribution is 0.0963. The first-order valence-corrected chi connectivity index (χ1v) is 9.48. The number of guanidine groups is 1. The summed E-state index contributed by atoms with van der Waals surface area (Å²) in [6.07, 6.45) is 5.86. The Labute approximate surface area is 151 Å². The fraction of sp³-hybridized carbons (Fsp3) is 0.600. The summed E-state index contributed by atoms with van der Waals surface area (Å²) in [4.78, 5) is 16.4. The van der Waals surface area contributed by atoms with E-state index < -0.39 is 0 Å². The molecule has 1 aromatic carbocycles. The van der Waals surface area contributed by atoms with Crippen molar-refractivity contribution in [2.45, 2.75) is 52.0 Å². The molecule has 1 aromatic rings. The molecule has 1 saturated carbocycles. The Balaban J connectivity index is 1.89. The minimum Gasteiger partial charge on any atom is -0.357 e. The molecule has 0 saturated heterocycles. The van der Waals surface area contributed by atoms with Crippen molar-refractivity contribution >= 4 is 11.9 Å². The number of amides is 1. The minimum atomic E-state index is -0.0492. The van der Waals surface area contributed by atoms with E-state index >= 15 is 0 Å². The summed E-state index contributed by atoms with van der Waals surface area (Å²) < 4.78 is 0. The van der Waals surface area contributed by atoms with E-state index in [1.54, 1.807) is 7.05 Å². The zero-order chi connectivity index (χ0) is 18.1. The van der Waals surface area contributed by atoms with Crippen LogP contribution in [-0.2, 0) is 6.42 Å². The summed E-state index contributed by atoms with van der Waals surface area (Å²) in [6.45, 7) is 5.99. The van der Waals surface area contributed by atoms with Crippen molar-refractivity contribution in [2.24, 2.45) is 10.9 Å². The molecular formula is C20H32N4O. The summed E-state index contributed by atoms with van der Waals surface area (Å²) in [5.74, 6) is 1.71. The van der Waals surface area contributed by atoms with Gasteiger partial charge in [-0.25, -0.2) is 0 Å². The summed E-state index contributed by atoms with van der Waals surface area (Å²) in [7, 11) is 1.65. The standard InChI is InChI=1S/C20H32N4O/c1-4-22-20(24-18-10-8-15(2)9-11-18)23-13-12-16-6-5-7-17(14-16)19(25)21-3/h5-7,14-15,18H,4,8-13H2,1-3H3,(H,21,25)(H2,22,23,24). The average Bonchev–Trinajstić information content (AvgIpc) is 2.63. The van der Waals surface area contributed by atoms with Crippen molar-refractivity contribution in [2.75, 3.05) is 20.1 Å². The van der Waals surface area contributed by atoms with Crippen LogP contribution in [0, 0.1) is 5.92 Å². The van der Waals surface area contributed by atoms with Crippen molar-refractivity contribution in [1.29, 1.82) is 0 Å². The lowest BCUT2D eigenvalue weighted by Crippen LogP contribution is -2.44. The van der Waals surface area contributed by atoms with Gasteiger partial charge in [0, 0.05) is 31.7 Å². The van der Waals surface area contributed by atoms with Crippen LogP contribution in [0.1, 0.15) is 55.5 Å². The molecule has 0 unspecified atom stereocenters. The van der Waals surface area contributed by atoms with Gasteiger partial charge in [0.1, 0.15) is 0 Å². The maximum Gasteiger partial charge on any atom is 0.251 e. The molecule has 1 aliphatic carbocycles. The quantitative estimate of drug-likeness (QED) is 0.549. The second kappa shape index (κ2) is 10.1. The number of nitrogens with one attached hydrogen (secondary N) is 3. The Morgan fingerprint density at radius 2 is 2.00 bits per heavy atom. The molecule has 3 N–H and O–H groups in total. The zero-order valence-corrected chi connectivity index (χ0v) is 15.8. The first-order chi connectivity index (χ1) is 12.1. The Hall–Kier alpha value is -2.04. The van der Waals surface area contributed by atoms with Gasteiger partial charge in [-0.2, -0.15) is 0 Å². The molecular weight excluding hydrogens is 312 g/mol. The molecule has 5 heteroatoms. The molecule has 1 aliphatic rings. The fourth-order valence-corrected chi connectivity index (χ4v) is 3.23. The van der Waals surface area contributed by atoms with E-state index in [0.29, 0.717) is 18.2 Å². The van der Waals surface area contributed by atoms with Crippen LogP contribution in [0.25, 0.3) is 0 Å². The largest absolute Gasteiger partial charge is 0.357 e. The number of hydrogen-bond donors (Lipinski definition) is 3. The topological polar surface area (TPSA) is 65.5 Å². The number of hydrogen-bond acceptors (Lipinski definition) is 2. The van der Waals surface area contributed by atoms with Crippen LogP contribution in [0.5, 0.6) is 0 Å². The second-order valence-corrected chi connectivity index (χ2v) is 6.89. The molecule has 1 amide bonds. The SMILES string of the molecule is CCNC(=NCCc1cccc(C(=O)NC)c1)NC1CCC(C)CC1. The van der Waals surface area contributed by atoms with Crippen LogP contribution in [0.15, 0.2) is 29.3 Å². The lowest BCUT2D eigenvalue weighted by Gasteiger charge is -2.28. The van der Waals surface area contributed by atoms with E-state index in [0.717, 1.165) is 30.4 Å². The monoisotopic (exact) mass is 344 g/mol. The highest BCUT2D eigenvalue weighted by Crippen LogP contribution is 2.23. The van der Waals surface area contributed by atoms with Crippen LogP contribution in [0.2, 0.25) is 0 Å². The number of carbonyl (C=O) groups is 1. The number of nitrogens with zero attached hydrogens (tertiary/aromatic N) is 1. The third-order valence-corrected chi connectivity index (χ3v) is 4.79. The third-order valence-electron chi connectivity index (χ3n) is 4.79. The van der Waals surface area contributed by atoms with E-state index in [-0.39, 0.29) is 5.91 Å². The van der Waals surface area contributed by atoms with Gasteiger partial charge in [0.05, 0.1) is 0 Å². The predicted molar refractivity (Wildman–Crippen MR) is 104 cm³/mol. The van der Waals surface area contributed by atoms with Gasteiger partial charge in [-0.15, -0.1) is 0 Å². The highest BCUT2D eigenvalue weighted by Gasteiger charge is 2.18. The fourth-order valence-electron chi connectivity index (χ4n) is 3.23. The van der Waals surface area contributed by atoms with Crippen molar-refractivity contribution in [3.05, 3.63) is 35.4 Å². The smallest absolute Gasteiger partial charge is 0.251 e. The van der Waals surface area contributed by atoms with E-state index in [1.165, 1.54) is 25.7 Å². The van der Waals surface area contributed by atoms with Gasteiger partial charge in [-0.1, -0.05) is 19.1 Å². The van der Waals surface area contributed by atoms with E-state index in [2.05, 4.69) is 29.8 Å². The number of aliphatic imine (C=N–C) groups is 1. The predicted octanol–water partition coefficient (Wildman–Crippen LogP) is 2.72. The Morgan fingerprint density at radius 3 is 2.68 bits per heavy atom. The maximum absolute atomic E-state index is 11.7. The molecule has 0 bridgehead atoms. The molecule has 138 valence electrons. The van der Waals surface area contributed by atoms with Crippen molar-refractivity contribution in [3.8, 4) is 0 Å². The molecule has 25 heavy (non-hydrogen) atoms. The highest BCUT2D eigenvalue weighted by molar-refractivity contribution is 5.94. The van der Waals surface area contributed by atoms with Crippen molar-refractivity contribution in [1.82, 2.24) is 16.0 Å². The van der Waals surface area contributed by atoms with Crippen LogP contribution in [0.3, 0.4) is 0 Å². The first-order valence-electron chi connectivity index (χ1n) is 9.48. The molecule has 2 rings (SSSR count). The highest BCUT2D eigenvalue weighted by atomic mass is 16.1. The van der Waals surface area contributed by atoms with Gasteiger partial charge in [-0.3, -0.25) is 9.79 Å². The van der Waals surface area contributed by atoms with E-state index in [9.17, 15) is 4.79 Å². The molecule has 0 aromatic heterocycles. The lowest BCUT2D eigenvalue weighted by atomic mass is 9.87. The molecule has 0 spiro atoms. The second-order valence-electron chi connectivity index (χ2n) is 6.89. The maximum atomic E-state index is 11.7. The summed E-state index contributed by atoms with van der Waals surface area (Å²) >= 11 is 0. The molecule has 0 radical (unpaired) electrons. The summed E-state index contributed by atoms with van der Waals surface area (Å²) in [6, 6.07) is 8.28. The third kappa shape index (κ3) is 6.40. The molecule has 5 nitrogen and oxygen atoms in total. The number of carbonyl (C=O) groups excluding carboxylic acids is 1. The van der Waals surface area contributed by atoms with E-state index in [4.69, 9.17) is 4.99 Å². The summed E-state index contributed by atoms with van der Waals surface area (Å²) in [5.41, 5.74) is 1.83. The molecule has 0 aliphatic heterocycles. The normalized spacial score (nSPS) is 20.8. The van der Waals surface area contributed by atoms with Crippen LogP contribution < -0.4 is 16.0 Å². The first kappa shape index (κ1) is 19.3. The molecule has 0 heterocycles. The van der Waals surface area contributed by atoms with Gasteiger partial charge >= 0.3 is 0 Å². The summed E-state index contributed by atoms with van der Waals surface area (Å²) in [5, 5.41) is 9.58. The zero-order valence-electron chi connectivity index (χ0n) is 15.8. The Kier molecular flexibility index (Phi) is 7.76. The molecule has 1 fully saturated rings. The number of benzene rings is 1. The van der Waals surface area contributed by atoms with Gasteiger partial charge in [0.2, 0.25) is 0 Å². The van der Waals surface area contributed by atoms with Gasteiger partial charge < -0.3 is 16.0 Å².